The molecule has 2 aromatic carbocycles. The van der Waals surface area contributed by atoms with Crippen molar-refractivity contribution in [2.24, 2.45) is 5.92 Å². The highest BCUT2D eigenvalue weighted by atomic mass is 32.2. The number of ether oxygens (including phenoxy) is 1. The molecular formula is C37H42F3N5O7S. The average molecular weight is 758 g/mol. The predicted molar refractivity (Wildman–Crippen MR) is 184 cm³/mol. The van der Waals surface area contributed by atoms with Crippen LogP contribution < -0.4 is 15.4 Å². The maximum atomic E-state index is 14.4. The maximum Gasteiger partial charge on any atom is 0.410 e. The van der Waals surface area contributed by atoms with Crippen molar-refractivity contribution in [3.8, 4) is 0 Å². The standard InChI is InChI=1S/C37H42F3N5O7S/c38-28-9-6-7-23-19-44(21-27(23)28)36(49)52-25-16-32-33(46)42-37(35(48)43-53(50,51)26-12-13-26)17-24(37)8-4-2-1-3-5-10-31(34(47)45(32)20-25)41-18-22-11-14-29(39)30(40)15-22/h4,6-9,11,14-15,24-26,31-32,41H,1-3,5,10,12-13,16-21H2,(H,42,46)(H,43,48)/b8-4-/t24-,25+,31-,32-,37+/m0/s1. The average Bonchev–Trinajstić information content (AvgIpc) is 4.00. The van der Waals surface area contributed by atoms with E-state index in [4.69, 9.17) is 4.74 Å². The Hall–Kier alpha value is -4.44. The predicted octanol–water partition coefficient (Wildman–Crippen LogP) is 3.69. The Bertz CT molecular complexity index is 1940. The number of amides is 4. The lowest BCUT2D eigenvalue weighted by Gasteiger charge is -2.30. The fraction of sp³-hybridized carbons (Fsp3) is 0.514. The lowest BCUT2D eigenvalue weighted by atomic mass is 10.0. The number of hydrogen-bond donors (Lipinski definition) is 3. The van der Waals surface area contributed by atoms with Crippen LogP contribution >= 0.6 is 0 Å². The second kappa shape index (κ2) is 14.8. The number of carbonyl (C=O) groups excluding carboxylic acids is 4. The molecular weight excluding hydrogens is 715 g/mol. The van der Waals surface area contributed by atoms with E-state index in [0.29, 0.717) is 48.8 Å². The lowest BCUT2D eigenvalue weighted by molar-refractivity contribution is -0.141. The molecule has 0 aromatic heterocycles. The summed E-state index contributed by atoms with van der Waals surface area (Å²) in [7, 11) is -3.93. The summed E-state index contributed by atoms with van der Waals surface area (Å²) in [5.74, 6) is -5.00. The number of hydrogen-bond acceptors (Lipinski definition) is 8. The van der Waals surface area contributed by atoms with Crippen LogP contribution in [0.15, 0.2) is 48.6 Å². The molecule has 7 rings (SSSR count). The number of halogens is 3. The molecule has 0 bridgehead atoms. The molecule has 1 saturated heterocycles. The van der Waals surface area contributed by atoms with E-state index in [2.05, 4.69) is 15.4 Å². The molecule has 3 aliphatic heterocycles. The Morgan fingerprint density at radius 1 is 0.981 bits per heavy atom. The van der Waals surface area contributed by atoms with Gasteiger partial charge in [-0.2, -0.15) is 0 Å². The highest BCUT2D eigenvalue weighted by Gasteiger charge is 2.62. The van der Waals surface area contributed by atoms with Gasteiger partial charge in [-0.25, -0.2) is 26.4 Å². The van der Waals surface area contributed by atoms with Crippen molar-refractivity contribution in [1.82, 2.24) is 25.2 Å². The summed E-state index contributed by atoms with van der Waals surface area (Å²) in [5.41, 5.74) is -0.133. The number of rotatable bonds is 7. The number of fused-ring (bicyclic) bond motifs is 3. The van der Waals surface area contributed by atoms with E-state index in [9.17, 15) is 40.8 Å². The molecule has 53 heavy (non-hydrogen) atoms. The van der Waals surface area contributed by atoms with Gasteiger partial charge in [0.15, 0.2) is 11.6 Å². The number of carbonyl (C=O) groups is 4. The van der Waals surface area contributed by atoms with Crippen LogP contribution in [0.5, 0.6) is 0 Å². The van der Waals surface area contributed by atoms with Gasteiger partial charge in [0.25, 0.3) is 5.91 Å². The van der Waals surface area contributed by atoms with Crippen LogP contribution in [0.2, 0.25) is 0 Å². The van der Waals surface area contributed by atoms with Gasteiger partial charge in [-0.05, 0) is 67.9 Å². The largest absolute Gasteiger partial charge is 0.444 e. The van der Waals surface area contributed by atoms with Gasteiger partial charge in [0.1, 0.15) is 23.5 Å². The molecule has 5 atom stereocenters. The van der Waals surface area contributed by atoms with E-state index < -0.39 is 86.2 Å². The molecule has 2 aliphatic carbocycles. The summed E-state index contributed by atoms with van der Waals surface area (Å²) in [4.78, 5) is 58.2. The number of nitrogens with one attached hydrogen (secondary N) is 3. The summed E-state index contributed by atoms with van der Waals surface area (Å²) < 4.78 is 75.6. The maximum absolute atomic E-state index is 14.4. The molecule has 12 nitrogen and oxygen atoms in total. The molecule has 2 aromatic rings. The Kier molecular flexibility index (Phi) is 10.3. The number of nitrogens with zero attached hydrogens (tertiary/aromatic N) is 2. The van der Waals surface area contributed by atoms with Gasteiger partial charge in [0.05, 0.1) is 24.4 Å². The zero-order valence-corrected chi connectivity index (χ0v) is 29.8. The van der Waals surface area contributed by atoms with E-state index in [1.54, 1.807) is 12.1 Å². The lowest BCUT2D eigenvalue weighted by Crippen LogP contribution is -2.58. The summed E-state index contributed by atoms with van der Waals surface area (Å²) in [5, 5.41) is 5.27. The third-order valence-electron chi connectivity index (χ3n) is 10.8. The van der Waals surface area contributed by atoms with Gasteiger partial charge >= 0.3 is 6.09 Å². The minimum absolute atomic E-state index is 0.00754. The fourth-order valence-electron chi connectivity index (χ4n) is 7.52. The number of sulfonamides is 1. The zero-order valence-electron chi connectivity index (χ0n) is 29.0. The minimum Gasteiger partial charge on any atom is -0.444 e. The quantitative estimate of drug-likeness (QED) is 0.362. The molecule has 0 spiro atoms. The van der Waals surface area contributed by atoms with Gasteiger partial charge in [0.2, 0.25) is 21.8 Å². The van der Waals surface area contributed by atoms with Crippen molar-refractivity contribution in [3.05, 3.63) is 82.7 Å². The highest BCUT2D eigenvalue weighted by Crippen LogP contribution is 2.46. The first kappa shape index (κ1) is 36.9. The van der Waals surface area contributed by atoms with Gasteiger partial charge < -0.3 is 20.3 Å². The molecule has 16 heteroatoms. The first-order valence-corrected chi connectivity index (χ1v) is 19.6. The van der Waals surface area contributed by atoms with Crippen LogP contribution in [-0.4, -0.2) is 77.6 Å². The van der Waals surface area contributed by atoms with Crippen molar-refractivity contribution in [2.45, 2.75) is 106 Å². The Balaban J connectivity index is 1.13. The van der Waals surface area contributed by atoms with Crippen LogP contribution in [0.3, 0.4) is 0 Å². The summed E-state index contributed by atoms with van der Waals surface area (Å²) >= 11 is 0. The number of benzene rings is 2. The topological polar surface area (TPSA) is 154 Å². The molecule has 3 fully saturated rings. The van der Waals surface area contributed by atoms with Crippen molar-refractivity contribution in [1.29, 1.82) is 0 Å². The molecule has 3 N–H and O–H groups in total. The normalized spacial score (nSPS) is 28.1. The molecule has 3 heterocycles. The second-order valence-electron chi connectivity index (χ2n) is 14.7. The van der Waals surface area contributed by atoms with E-state index in [1.165, 1.54) is 21.9 Å². The molecule has 4 amide bonds. The van der Waals surface area contributed by atoms with E-state index in [0.717, 1.165) is 25.0 Å². The molecule has 5 aliphatic rings. The monoisotopic (exact) mass is 757 g/mol. The Morgan fingerprint density at radius 3 is 2.55 bits per heavy atom. The summed E-state index contributed by atoms with van der Waals surface area (Å²) in [6.07, 6.45) is 6.10. The minimum atomic E-state index is -3.93. The van der Waals surface area contributed by atoms with E-state index in [1.807, 2.05) is 12.2 Å². The Morgan fingerprint density at radius 2 is 1.79 bits per heavy atom. The van der Waals surface area contributed by atoms with Crippen LogP contribution in [0.1, 0.15) is 74.5 Å². The SMILES string of the molecule is O=C1N[C@]2(C(=O)NS(=O)(=O)C3CC3)C[C@@H]2/C=C\CCCCC[C@H](NCc2ccc(F)c(F)c2)C(=O)N2C[C@H](OC(=O)N3Cc4cccc(F)c4C3)C[C@@H]12. The van der Waals surface area contributed by atoms with Gasteiger partial charge in [0, 0.05) is 31.0 Å². The molecule has 284 valence electrons. The third-order valence-corrected chi connectivity index (χ3v) is 12.7. The van der Waals surface area contributed by atoms with E-state index in [-0.39, 0.29) is 39.0 Å². The second-order valence-corrected chi connectivity index (χ2v) is 16.6. The van der Waals surface area contributed by atoms with Crippen molar-refractivity contribution >= 4 is 33.8 Å². The van der Waals surface area contributed by atoms with E-state index >= 15 is 0 Å². The van der Waals surface area contributed by atoms with Crippen molar-refractivity contribution in [3.63, 3.8) is 0 Å². The van der Waals surface area contributed by atoms with Crippen LogP contribution in [0.25, 0.3) is 0 Å². The van der Waals surface area contributed by atoms with Crippen molar-refractivity contribution in [2.75, 3.05) is 6.54 Å². The van der Waals surface area contributed by atoms with Gasteiger partial charge in [-0.3, -0.25) is 24.0 Å². The smallest absolute Gasteiger partial charge is 0.410 e. The Labute approximate surface area is 305 Å². The fourth-order valence-corrected chi connectivity index (χ4v) is 8.88. The van der Waals surface area contributed by atoms with Crippen LogP contribution in [0.4, 0.5) is 18.0 Å². The first-order chi connectivity index (χ1) is 25.3. The highest BCUT2D eigenvalue weighted by molar-refractivity contribution is 7.91. The molecule has 2 saturated carbocycles. The van der Waals surface area contributed by atoms with Crippen LogP contribution in [-0.2, 0) is 48.8 Å². The van der Waals surface area contributed by atoms with Crippen LogP contribution in [0, 0.1) is 23.4 Å². The molecule has 0 unspecified atom stereocenters. The third kappa shape index (κ3) is 7.93. The summed E-state index contributed by atoms with van der Waals surface area (Å²) in [6.45, 7) is -0.0321. The summed E-state index contributed by atoms with van der Waals surface area (Å²) in [6, 6.07) is 5.96. The molecule has 0 radical (unpaired) electrons. The van der Waals surface area contributed by atoms with Crippen molar-refractivity contribution < 1.29 is 45.5 Å². The number of allylic oxidation sites excluding steroid dienone is 1. The zero-order chi connectivity index (χ0) is 37.5. The van der Waals surface area contributed by atoms with Gasteiger partial charge in [-0.1, -0.05) is 43.2 Å². The van der Waals surface area contributed by atoms with Gasteiger partial charge in [-0.15, -0.1) is 0 Å². The first-order valence-electron chi connectivity index (χ1n) is 18.1.